The van der Waals surface area contributed by atoms with Crippen LogP contribution in [0.25, 0.3) is 11.0 Å². The minimum absolute atomic E-state index is 0.0365. The number of fused-ring (bicyclic) bond motifs is 3. The number of benzene rings is 2. The van der Waals surface area contributed by atoms with Gasteiger partial charge in [-0.2, -0.15) is 13.2 Å². The molecule has 11 nitrogen and oxygen atoms in total. The van der Waals surface area contributed by atoms with Crippen LogP contribution >= 0.6 is 11.6 Å². The van der Waals surface area contributed by atoms with E-state index >= 15 is 0 Å². The van der Waals surface area contributed by atoms with Gasteiger partial charge in [0.1, 0.15) is 5.82 Å². The Morgan fingerprint density at radius 1 is 1.17 bits per heavy atom. The first-order valence-electron chi connectivity index (χ1n) is 20.1. The Balaban J connectivity index is 0.000000312. The maximum absolute atomic E-state index is 12.9. The summed E-state index contributed by atoms with van der Waals surface area (Å²) >= 11 is 5.90. The number of aromatic nitrogens is 3. The van der Waals surface area contributed by atoms with Crippen LogP contribution in [0.1, 0.15) is 81.1 Å². The largest absolute Gasteiger partial charge is 0.418 e. The highest BCUT2D eigenvalue weighted by atomic mass is 35.5. The number of allylic oxidation sites excluding steroid dienone is 4. The molecular weight excluding hydrogens is 795 g/mol. The highest BCUT2D eigenvalue weighted by molar-refractivity contribution is 6.30. The molecule has 1 fully saturated rings. The van der Waals surface area contributed by atoms with Crippen LogP contribution in [-0.4, -0.2) is 75.0 Å². The van der Waals surface area contributed by atoms with Crippen LogP contribution < -0.4 is 10.6 Å². The van der Waals surface area contributed by atoms with Gasteiger partial charge in [0, 0.05) is 44.2 Å². The van der Waals surface area contributed by atoms with E-state index in [4.69, 9.17) is 21.7 Å². The van der Waals surface area contributed by atoms with Crippen molar-refractivity contribution >= 4 is 53.0 Å². The molecule has 60 heavy (non-hydrogen) atoms. The van der Waals surface area contributed by atoms with Gasteiger partial charge in [-0.05, 0) is 92.9 Å². The van der Waals surface area contributed by atoms with E-state index in [1.54, 1.807) is 19.2 Å². The van der Waals surface area contributed by atoms with Gasteiger partial charge in [-0.15, -0.1) is 0 Å². The topological polar surface area (TPSA) is 145 Å². The summed E-state index contributed by atoms with van der Waals surface area (Å²) in [5.41, 5.74) is 5.08. The minimum atomic E-state index is -4.43. The summed E-state index contributed by atoms with van der Waals surface area (Å²) in [4.78, 5) is 38.4. The molecule has 4 heterocycles. The number of amides is 2. The van der Waals surface area contributed by atoms with E-state index in [2.05, 4.69) is 49.8 Å². The third-order valence-electron chi connectivity index (χ3n) is 10.3. The number of aliphatic hydroxyl groups excluding tert-OH is 2. The molecule has 4 aromatic rings. The van der Waals surface area contributed by atoms with E-state index in [0.29, 0.717) is 60.6 Å². The number of hydrogen-bond acceptors (Lipinski definition) is 8. The Morgan fingerprint density at radius 2 is 1.92 bits per heavy atom. The molecule has 1 spiro atoms. The first kappa shape index (κ1) is 47.5. The fourth-order valence-electron chi connectivity index (χ4n) is 7.22. The van der Waals surface area contributed by atoms with E-state index in [-0.39, 0.29) is 11.6 Å². The van der Waals surface area contributed by atoms with Crippen molar-refractivity contribution in [3.05, 3.63) is 117 Å². The number of halogens is 4. The summed E-state index contributed by atoms with van der Waals surface area (Å²) in [6.45, 7) is 14.2. The molecule has 15 heteroatoms. The highest BCUT2D eigenvalue weighted by Crippen LogP contribution is 2.57. The lowest BCUT2D eigenvalue weighted by molar-refractivity contribution is -0.137. The Morgan fingerprint density at radius 3 is 2.52 bits per heavy atom. The average Bonchev–Trinajstić information content (AvgIpc) is 3.93. The van der Waals surface area contributed by atoms with Crippen LogP contribution in [0.3, 0.4) is 0 Å². The van der Waals surface area contributed by atoms with Crippen molar-refractivity contribution in [3.8, 4) is 0 Å². The molecule has 7 rings (SSSR count). The van der Waals surface area contributed by atoms with Crippen molar-refractivity contribution in [2.75, 3.05) is 30.8 Å². The third-order valence-corrected chi connectivity index (χ3v) is 10.5. The van der Waals surface area contributed by atoms with Crippen molar-refractivity contribution in [1.82, 2.24) is 19.4 Å². The lowest BCUT2D eigenvalue weighted by Crippen LogP contribution is -2.30. The number of nitrogens with zero attached hydrogens (tertiary/aromatic N) is 5. The van der Waals surface area contributed by atoms with Crippen molar-refractivity contribution in [2.45, 2.75) is 97.0 Å². The zero-order valence-electron chi connectivity index (χ0n) is 34.8. The lowest BCUT2D eigenvalue weighted by Gasteiger charge is -2.26. The fourth-order valence-corrected chi connectivity index (χ4v) is 7.33. The SMILES string of the molecule is C=N/C(=C\C=C/Cc1ccc(Cl)cn1)C1=CCN(Cc2nc3cc(NC=O)ccc3n2CC(O)CCC)CC1.CC.CO.Cc1cc(C(F)(F)F)c2c(c1)C1(CC1)C(=O)N2. The second kappa shape index (κ2) is 21.9. The Hall–Kier alpha value is -5.15. The van der Waals surface area contributed by atoms with E-state index in [1.807, 2.05) is 62.4 Å². The van der Waals surface area contributed by atoms with Gasteiger partial charge in [0.2, 0.25) is 12.3 Å². The number of pyridine rings is 1. The standard InChI is InChI=1S/C30H35ClN6O2.C12H10F3NO.C2H6.CH4O/c1-3-6-26(39)19-37-29-12-11-25(34-21-38)17-28(29)35-30(37)20-36-15-13-22(14-16-36)27(32-2)8-5-4-7-24-10-9-23(31)18-33-24;1-6-4-7-9(8(5-6)12(13,14)15)16-10(17)11(7)2-3-11;2*1-2/h4-5,8-13,17-18,21,26,39H,2-3,6-7,14-16,19-20H2,1H3,(H,34,38);4-5H,2-3H2,1H3,(H,16,17);1-2H3;2H,1H3/b5-4-,27-8-;;;. The van der Waals surface area contributed by atoms with Crippen LogP contribution in [0, 0.1) is 6.92 Å². The monoisotopic (exact) mass is 849 g/mol. The summed E-state index contributed by atoms with van der Waals surface area (Å²) in [5.74, 6) is 0.611. The number of carbonyl (C=O) groups is 2. The normalized spacial score (nSPS) is 16.0. The maximum Gasteiger partial charge on any atom is 0.418 e. The molecule has 0 bridgehead atoms. The van der Waals surface area contributed by atoms with Crippen molar-refractivity contribution in [1.29, 1.82) is 0 Å². The zero-order valence-corrected chi connectivity index (χ0v) is 35.6. The molecule has 3 aliphatic rings. The van der Waals surface area contributed by atoms with Gasteiger partial charge in [-0.3, -0.25) is 24.5 Å². The quantitative estimate of drug-likeness (QED) is 0.0597. The Bertz CT molecular complexity index is 2200. The molecule has 2 amide bonds. The number of nitrogens with one attached hydrogen (secondary N) is 2. The lowest BCUT2D eigenvalue weighted by atomic mass is 9.94. The zero-order chi connectivity index (χ0) is 44.0. The summed E-state index contributed by atoms with van der Waals surface area (Å²) in [7, 11) is 1.00. The summed E-state index contributed by atoms with van der Waals surface area (Å²) in [5, 5.41) is 23.3. The highest BCUT2D eigenvalue weighted by Gasteiger charge is 2.58. The van der Waals surface area contributed by atoms with E-state index < -0.39 is 23.3 Å². The van der Waals surface area contributed by atoms with Gasteiger partial charge in [0.15, 0.2) is 0 Å². The van der Waals surface area contributed by atoms with E-state index in [1.165, 1.54) is 5.57 Å². The number of aliphatic hydroxyl groups is 2. The molecule has 2 aliphatic heterocycles. The molecule has 0 radical (unpaired) electrons. The number of rotatable bonds is 13. The Labute approximate surface area is 354 Å². The molecule has 1 unspecified atom stereocenters. The third kappa shape index (κ3) is 11.8. The number of anilines is 2. The van der Waals surface area contributed by atoms with Crippen molar-refractivity contribution < 1.29 is 33.0 Å². The predicted molar refractivity (Wildman–Crippen MR) is 233 cm³/mol. The van der Waals surface area contributed by atoms with E-state index in [9.17, 15) is 27.9 Å². The smallest absolute Gasteiger partial charge is 0.400 e. The number of carbonyl (C=O) groups excluding carboxylic acids is 2. The van der Waals surface area contributed by atoms with Crippen LogP contribution in [0.4, 0.5) is 24.5 Å². The van der Waals surface area contributed by atoms with Gasteiger partial charge in [-0.1, -0.05) is 68.7 Å². The van der Waals surface area contributed by atoms with Gasteiger partial charge in [0.05, 0.1) is 57.6 Å². The van der Waals surface area contributed by atoms with Crippen LogP contribution in [-0.2, 0) is 40.7 Å². The summed E-state index contributed by atoms with van der Waals surface area (Å²) in [6.07, 6.45) is 10.2. The van der Waals surface area contributed by atoms with Crippen LogP contribution in [0.2, 0.25) is 5.02 Å². The van der Waals surface area contributed by atoms with Gasteiger partial charge < -0.3 is 25.4 Å². The summed E-state index contributed by atoms with van der Waals surface area (Å²) in [6, 6.07) is 12.2. The Kier molecular flexibility index (Phi) is 17.4. The molecule has 0 saturated heterocycles. The first-order chi connectivity index (χ1) is 28.8. The van der Waals surface area contributed by atoms with Gasteiger partial charge >= 0.3 is 6.18 Å². The molecule has 4 N–H and O–H groups in total. The molecular formula is C45H55ClF3N7O4. The number of aliphatic imine (C=N–C) groups is 1. The van der Waals surface area contributed by atoms with Crippen LogP contribution in [0.5, 0.6) is 0 Å². The second-order valence-electron chi connectivity index (χ2n) is 14.3. The predicted octanol–water partition coefficient (Wildman–Crippen LogP) is 8.96. The van der Waals surface area contributed by atoms with Crippen molar-refractivity contribution in [3.63, 3.8) is 0 Å². The van der Waals surface area contributed by atoms with E-state index in [0.717, 1.165) is 73.8 Å². The minimum Gasteiger partial charge on any atom is -0.400 e. The van der Waals surface area contributed by atoms with Gasteiger partial charge in [-0.25, -0.2) is 4.98 Å². The van der Waals surface area contributed by atoms with Crippen molar-refractivity contribution in [2.24, 2.45) is 4.99 Å². The number of imidazole rings is 1. The molecule has 2 aromatic carbocycles. The number of alkyl halides is 3. The van der Waals surface area contributed by atoms with Gasteiger partial charge in [0.25, 0.3) is 0 Å². The average molecular weight is 850 g/mol. The second-order valence-corrected chi connectivity index (χ2v) is 14.8. The molecule has 1 saturated carbocycles. The molecule has 2 aromatic heterocycles. The number of aryl methyl sites for hydroxylation is 1. The fraction of sp³-hybridized carbons (Fsp3) is 0.400. The first-order valence-corrected chi connectivity index (χ1v) is 20.4. The summed E-state index contributed by atoms with van der Waals surface area (Å²) < 4.78 is 40.7. The van der Waals surface area contributed by atoms with Crippen LogP contribution in [0.15, 0.2) is 89.2 Å². The molecule has 1 aliphatic carbocycles. The maximum atomic E-state index is 12.9. The molecule has 322 valence electrons. The molecule has 1 atom stereocenters. The number of hydrogen-bond donors (Lipinski definition) is 4.